The monoisotopic (exact) mass is 735 g/mol. The number of thioether (sulfide) groups is 1. The number of para-hydroxylation sites is 1. The zero-order valence-electron chi connectivity index (χ0n) is 28.0. The lowest BCUT2D eigenvalue weighted by Gasteiger charge is -2.41. The molecule has 5 aromatic rings. The lowest BCUT2D eigenvalue weighted by Crippen LogP contribution is -2.38. The van der Waals surface area contributed by atoms with Crippen LogP contribution in [0.3, 0.4) is 0 Å². The van der Waals surface area contributed by atoms with E-state index in [1.165, 1.54) is 0 Å². The predicted octanol–water partition coefficient (Wildman–Crippen LogP) is 9.06. The molecule has 1 fully saturated rings. The van der Waals surface area contributed by atoms with Crippen LogP contribution in [0, 0.1) is 35.0 Å². The molecule has 0 bridgehead atoms. The first kappa shape index (κ1) is 37.0. The number of carbonyl (C=O) groups excluding carboxylic acids is 1. The molecule has 6 rings (SSSR count). The summed E-state index contributed by atoms with van der Waals surface area (Å²) in [7, 11) is 1.64. The van der Waals surface area contributed by atoms with Gasteiger partial charge in [-0.05, 0) is 46.0 Å². The maximum absolute atomic E-state index is 14.1. The van der Waals surface area contributed by atoms with Crippen LogP contribution >= 0.6 is 11.8 Å². The second-order valence-electron chi connectivity index (χ2n) is 12.2. The second-order valence-corrected chi connectivity index (χ2v) is 13.3. The van der Waals surface area contributed by atoms with Crippen LogP contribution < -0.4 is 10.1 Å². The summed E-state index contributed by atoms with van der Waals surface area (Å²) in [6.07, 6.45) is -1.20. The first-order valence-electron chi connectivity index (χ1n) is 16.3. The fourth-order valence-corrected chi connectivity index (χ4v) is 7.18. The number of halogens is 5. The van der Waals surface area contributed by atoms with Crippen molar-refractivity contribution in [3.63, 3.8) is 0 Å². The Morgan fingerprint density at radius 1 is 0.769 bits per heavy atom. The molecular formula is C40H34F5NO5S. The maximum Gasteiger partial charge on any atom is 0.257 e. The molecule has 0 unspecified atom stereocenters. The van der Waals surface area contributed by atoms with Crippen LogP contribution in [-0.2, 0) is 22.6 Å². The van der Waals surface area contributed by atoms with Crippen LogP contribution in [0.25, 0.3) is 11.1 Å². The molecule has 12 heteroatoms. The van der Waals surface area contributed by atoms with E-state index in [9.17, 15) is 31.9 Å². The molecule has 52 heavy (non-hydrogen) atoms. The van der Waals surface area contributed by atoms with Gasteiger partial charge in [-0.1, -0.05) is 85.8 Å². The lowest BCUT2D eigenvalue weighted by molar-refractivity contribution is -0.268. The number of aliphatic hydroxyl groups excluding tert-OH is 1. The van der Waals surface area contributed by atoms with Crippen molar-refractivity contribution in [3.05, 3.63) is 154 Å². The van der Waals surface area contributed by atoms with Crippen LogP contribution in [0.2, 0.25) is 0 Å². The van der Waals surface area contributed by atoms with E-state index in [0.717, 1.165) is 38.5 Å². The highest BCUT2D eigenvalue weighted by molar-refractivity contribution is 7.99. The molecule has 270 valence electrons. The molecular weight excluding hydrogens is 701 g/mol. The van der Waals surface area contributed by atoms with Gasteiger partial charge in [0.2, 0.25) is 5.82 Å². The van der Waals surface area contributed by atoms with E-state index in [1.54, 1.807) is 37.1 Å². The van der Waals surface area contributed by atoms with Gasteiger partial charge in [-0.15, -0.1) is 11.8 Å². The van der Waals surface area contributed by atoms with Crippen molar-refractivity contribution in [2.75, 3.05) is 12.9 Å². The summed E-state index contributed by atoms with van der Waals surface area (Å²) in [6.45, 7) is 1.80. The smallest absolute Gasteiger partial charge is 0.257 e. The average Bonchev–Trinajstić information content (AvgIpc) is 3.18. The van der Waals surface area contributed by atoms with E-state index in [4.69, 9.17) is 14.2 Å². The molecule has 0 saturated carbocycles. The number of rotatable bonds is 11. The number of carbonyl (C=O) groups is 1. The normalized spacial score (nSPS) is 18.6. The highest BCUT2D eigenvalue weighted by Gasteiger charge is 2.38. The Kier molecular flexibility index (Phi) is 11.6. The van der Waals surface area contributed by atoms with E-state index in [-0.39, 0.29) is 31.3 Å². The van der Waals surface area contributed by atoms with Crippen LogP contribution in [0.5, 0.6) is 5.75 Å². The summed E-state index contributed by atoms with van der Waals surface area (Å²) in [5.74, 6) is -11.2. The zero-order chi connectivity index (χ0) is 36.9. The molecule has 1 saturated heterocycles. The minimum Gasteiger partial charge on any atom is -0.496 e. The summed E-state index contributed by atoms with van der Waals surface area (Å²) < 4.78 is 87.7. The fourth-order valence-electron chi connectivity index (χ4n) is 5.99. The number of amides is 1. The van der Waals surface area contributed by atoms with E-state index in [0.29, 0.717) is 11.3 Å². The summed E-state index contributed by atoms with van der Waals surface area (Å²) in [5, 5.41) is 11.8. The highest BCUT2D eigenvalue weighted by Crippen LogP contribution is 2.44. The highest BCUT2D eigenvalue weighted by atomic mass is 32.2. The van der Waals surface area contributed by atoms with Crippen LogP contribution in [-0.4, -0.2) is 30.0 Å². The molecule has 0 aromatic heterocycles. The Bertz CT molecular complexity index is 2020. The third-order valence-electron chi connectivity index (χ3n) is 8.93. The number of aliphatic hydroxyl groups is 1. The Morgan fingerprint density at radius 2 is 1.42 bits per heavy atom. The molecule has 1 aliphatic rings. The van der Waals surface area contributed by atoms with Crippen molar-refractivity contribution < 1.29 is 46.1 Å². The van der Waals surface area contributed by atoms with Crippen molar-refractivity contribution in [3.8, 4) is 16.9 Å². The number of hydrogen-bond donors (Lipinski definition) is 2. The second kappa shape index (κ2) is 16.3. The number of hydrogen-bond acceptors (Lipinski definition) is 6. The quantitative estimate of drug-likeness (QED) is 0.0611. The number of ether oxygens (including phenoxy) is 3. The molecule has 0 aliphatic carbocycles. The van der Waals surface area contributed by atoms with Gasteiger partial charge in [-0.3, -0.25) is 4.79 Å². The number of methoxy groups -OCH3 is 1. The van der Waals surface area contributed by atoms with Crippen molar-refractivity contribution in [1.29, 1.82) is 0 Å². The number of benzene rings is 5. The van der Waals surface area contributed by atoms with Gasteiger partial charge in [0.05, 0.1) is 25.9 Å². The Morgan fingerprint density at radius 3 is 2.10 bits per heavy atom. The Labute approximate surface area is 301 Å². The van der Waals surface area contributed by atoms with E-state index in [1.807, 2.05) is 78.9 Å². The standard InChI is InChI=1S/C40H34F5NO5S/c1-22-30(21-52-31-9-4-3-8-29(31)49-2)50-40(51-38(22)26-12-10-23(20-47)11-13-26)27-16-14-25(15-17-27)28-7-5-6-24(18-28)19-46-39(48)32-33(41)35(43)37(45)36(44)34(32)42/h3-18,22,30,38,40,47H,19-21H2,1-2H3,(H,46,48)/t22-,30+,38+,40+/m0/s1. The largest absolute Gasteiger partial charge is 0.496 e. The van der Waals surface area contributed by atoms with Gasteiger partial charge < -0.3 is 24.6 Å². The molecule has 1 heterocycles. The lowest BCUT2D eigenvalue weighted by atomic mass is 9.91. The minimum atomic E-state index is -2.34. The summed E-state index contributed by atoms with van der Waals surface area (Å²) >= 11 is 1.64. The van der Waals surface area contributed by atoms with Gasteiger partial charge in [0.15, 0.2) is 29.6 Å². The predicted molar refractivity (Wildman–Crippen MR) is 186 cm³/mol. The molecule has 2 N–H and O–H groups in total. The molecule has 0 radical (unpaired) electrons. The Balaban J connectivity index is 1.19. The van der Waals surface area contributed by atoms with Crippen molar-refractivity contribution in [2.24, 2.45) is 5.92 Å². The van der Waals surface area contributed by atoms with Crippen molar-refractivity contribution in [2.45, 2.75) is 43.5 Å². The summed E-state index contributed by atoms with van der Waals surface area (Å²) in [6, 6.07) is 30.0. The van der Waals surface area contributed by atoms with Gasteiger partial charge in [0, 0.05) is 28.7 Å². The zero-order valence-corrected chi connectivity index (χ0v) is 28.9. The van der Waals surface area contributed by atoms with Gasteiger partial charge in [0.25, 0.3) is 5.91 Å². The fraction of sp³-hybridized carbons (Fsp3) is 0.225. The maximum atomic E-state index is 14.1. The third-order valence-corrected chi connectivity index (χ3v) is 10.1. The molecule has 6 nitrogen and oxygen atoms in total. The van der Waals surface area contributed by atoms with Gasteiger partial charge in [-0.2, -0.15) is 0 Å². The average molecular weight is 736 g/mol. The SMILES string of the molecule is COc1ccccc1SC[C@H]1O[C@@H](c2ccc(-c3cccc(CNC(=O)c4c(F)c(F)c(F)c(F)c4F)c3)cc2)O[C@@H](c2ccc(CO)cc2)[C@H]1C. The van der Waals surface area contributed by atoms with Crippen molar-refractivity contribution >= 4 is 17.7 Å². The van der Waals surface area contributed by atoms with Crippen LogP contribution in [0.1, 0.15) is 51.9 Å². The first-order valence-corrected chi connectivity index (χ1v) is 17.3. The minimum absolute atomic E-state index is 0.0185. The molecule has 1 aliphatic heterocycles. The third kappa shape index (κ3) is 7.85. The van der Waals surface area contributed by atoms with Gasteiger partial charge in [0.1, 0.15) is 11.3 Å². The van der Waals surface area contributed by atoms with E-state index < -0.39 is 46.8 Å². The number of nitrogens with one attached hydrogen (secondary N) is 1. The van der Waals surface area contributed by atoms with Crippen LogP contribution in [0.4, 0.5) is 22.0 Å². The molecule has 4 atom stereocenters. The first-order chi connectivity index (χ1) is 25.1. The topological polar surface area (TPSA) is 77.0 Å². The Hall–Kier alpha value is -4.75. The summed E-state index contributed by atoms with van der Waals surface area (Å²) in [5.41, 5.74) is 3.08. The van der Waals surface area contributed by atoms with E-state index >= 15 is 0 Å². The molecule has 1 amide bonds. The molecule has 5 aromatic carbocycles. The summed E-state index contributed by atoms with van der Waals surface area (Å²) in [4.78, 5) is 13.5. The van der Waals surface area contributed by atoms with Gasteiger partial charge >= 0.3 is 0 Å². The van der Waals surface area contributed by atoms with Gasteiger partial charge in [-0.25, -0.2) is 22.0 Å². The van der Waals surface area contributed by atoms with Crippen molar-refractivity contribution in [1.82, 2.24) is 5.32 Å². The molecule has 0 spiro atoms. The van der Waals surface area contributed by atoms with Crippen LogP contribution in [0.15, 0.2) is 102 Å². The van der Waals surface area contributed by atoms with E-state index in [2.05, 4.69) is 12.2 Å².